The Morgan fingerprint density at radius 1 is 1.60 bits per heavy atom. The Balaban J connectivity index is 0. The van der Waals surface area contributed by atoms with Gasteiger partial charge < -0.3 is 17.5 Å². The van der Waals surface area contributed by atoms with Crippen LogP contribution in [0.15, 0.2) is 23.9 Å². The van der Waals surface area contributed by atoms with E-state index in [1.807, 2.05) is 18.2 Å². The van der Waals surface area contributed by atoms with E-state index in [-0.39, 0.29) is 43.0 Å². The molecule has 10 heavy (non-hydrogen) atoms. The van der Waals surface area contributed by atoms with Crippen molar-refractivity contribution in [1.82, 2.24) is 5.32 Å². The molecule has 53 valence electrons. The molecule has 0 bridgehead atoms. The quantitative estimate of drug-likeness (QED) is 0.582. The van der Waals surface area contributed by atoms with Crippen LogP contribution in [0.4, 0.5) is 0 Å². The van der Waals surface area contributed by atoms with E-state index in [1.165, 1.54) is 0 Å². The second-order valence-electron chi connectivity index (χ2n) is 1.55. The number of amides is 1. The summed E-state index contributed by atoms with van der Waals surface area (Å²) in [5.41, 5.74) is 0.917. The average Bonchev–Trinajstić information content (AvgIpc) is 2.19. The van der Waals surface area contributed by atoms with Gasteiger partial charge in [0, 0.05) is 35.6 Å². The van der Waals surface area contributed by atoms with Crippen molar-refractivity contribution in [2.75, 3.05) is 0 Å². The second kappa shape index (κ2) is 7.25. The first-order valence-electron chi connectivity index (χ1n) is 2.42. The van der Waals surface area contributed by atoms with Crippen molar-refractivity contribution in [3.05, 3.63) is 31.4 Å². The van der Waals surface area contributed by atoms with Crippen molar-refractivity contribution in [2.24, 2.45) is 0 Å². The molecule has 0 aromatic rings. The molecule has 0 aliphatic heterocycles. The number of rotatable bonds is 2. The minimum absolute atomic E-state index is 0. The molecule has 0 heterocycles. The van der Waals surface area contributed by atoms with Crippen molar-refractivity contribution in [2.45, 2.75) is 6.42 Å². The van der Waals surface area contributed by atoms with Gasteiger partial charge in [-0.1, -0.05) is 18.6 Å². The van der Waals surface area contributed by atoms with Crippen LogP contribution in [0.3, 0.4) is 0 Å². The first-order chi connectivity index (χ1) is 3.93. The number of allylic oxidation sites excluding steroid dienone is 3. The van der Waals surface area contributed by atoms with Gasteiger partial charge in [-0.2, -0.15) is 0 Å². The predicted octanol–water partition coefficient (Wildman–Crippen LogP) is 0.937. The van der Waals surface area contributed by atoms with E-state index in [0.29, 0.717) is 0 Å². The minimum atomic E-state index is 0. The van der Waals surface area contributed by atoms with E-state index in [2.05, 4.69) is 5.32 Å². The largest absolute Gasteiger partial charge is 0.493 e. The maximum absolute atomic E-state index is 9.66. The summed E-state index contributed by atoms with van der Waals surface area (Å²) in [5, 5.41) is 2.44. The van der Waals surface area contributed by atoms with Gasteiger partial charge in [0.05, 0.1) is 6.41 Å². The molecule has 0 spiro atoms. The molecule has 1 radical (unpaired) electrons. The average molecular weight is 262 g/mol. The summed E-state index contributed by atoms with van der Waals surface area (Å²) >= 11 is 0. The molecule has 0 atom stereocenters. The molecule has 1 aliphatic carbocycles. The van der Waals surface area contributed by atoms with Gasteiger partial charge in [0.2, 0.25) is 0 Å². The zero-order valence-corrected chi connectivity index (χ0v) is 9.55. The smallest absolute Gasteiger partial charge is 0.0690 e. The van der Waals surface area contributed by atoms with Gasteiger partial charge in [0.25, 0.3) is 0 Å². The van der Waals surface area contributed by atoms with Crippen LogP contribution in [-0.4, -0.2) is 6.41 Å². The molecule has 2 nitrogen and oxygen atoms in total. The summed E-state index contributed by atoms with van der Waals surface area (Å²) in [6.07, 6.45) is 8.16. The van der Waals surface area contributed by atoms with Crippen LogP contribution in [0.25, 0.3) is 0 Å². The van der Waals surface area contributed by atoms with E-state index in [4.69, 9.17) is 0 Å². The Kier molecular flexibility index (Phi) is 9.28. The van der Waals surface area contributed by atoms with Gasteiger partial charge in [-0.15, -0.1) is 11.8 Å². The molecule has 0 saturated heterocycles. The van der Waals surface area contributed by atoms with Crippen LogP contribution < -0.4 is 5.32 Å². The van der Waals surface area contributed by atoms with Crippen LogP contribution in [0.2, 0.25) is 0 Å². The van der Waals surface area contributed by atoms with Crippen LogP contribution in [0.1, 0.15) is 6.42 Å². The second-order valence-corrected chi connectivity index (χ2v) is 1.55. The van der Waals surface area contributed by atoms with Crippen LogP contribution in [-0.2, 0) is 4.79 Å². The maximum atomic E-state index is 9.66. The SMILES string of the molecule is O=[C-]NC1=CC=CC1.[CH3-].[La]. The fraction of sp³-hybridized carbons (Fsp3) is 0.143. The van der Waals surface area contributed by atoms with Crippen molar-refractivity contribution < 1.29 is 40.4 Å². The molecule has 0 unspecified atom stereocenters. The summed E-state index contributed by atoms with van der Waals surface area (Å²) in [6.45, 7) is 0. The van der Waals surface area contributed by atoms with E-state index in [0.717, 1.165) is 12.1 Å². The molecule has 0 aromatic carbocycles. The summed E-state index contributed by atoms with van der Waals surface area (Å²) in [4.78, 5) is 9.66. The zero-order chi connectivity index (χ0) is 5.82. The van der Waals surface area contributed by atoms with Gasteiger partial charge in [-0.25, -0.2) is 0 Å². The van der Waals surface area contributed by atoms with E-state index >= 15 is 0 Å². The third kappa shape index (κ3) is 4.04. The zero-order valence-electron chi connectivity index (χ0n) is 5.92. The monoisotopic (exact) mass is 262 g/mol. The Hall–Kier alpha value is 0.145. The van der Waals surface area contributed by atoms with Crippen molar-refractivity contribution in [1.29, 1.82) is 0 Å². The van der Waals surface area contributed by atoms with Gasteiger partial charge >= 0.3 is 0 Å². The minimum Gasteiger partial charge on any atom is -0.493 e. The van der Waals surface area contributed by atoms with E-state index < -0.39 is 0 Å². The summed E-state index contributed by atoms with van der Waals surface area (Å²) < 4.78 is 0. The molecule has 0 fully saturated rings. The number of hydrogen-bond acceptors (Lipinski definition) is 1. The topological polar surface area (TPSA) is 29.1 Å². The molecule has 1 amide bonds. The molecule has 1 N–H and O–H groups in total. The molecule has 0 aromatic heterocycles. The fourth-order valence-corrected chi connectivity index (χ4v) is 0.605. The molecule has 1 rings (SSSR count). The number of nitrogens with one attached hydrogen (secondary N) is 1. The van der Waals surface area contributed by atoms with Crippen LogP contribution >= 0.6 is 0 Å². The fourth-order valence-electron chi connectivity index (χ4n) is 0.605. The third-order valence-corrected chi connectivity index (χ3v) is 0.983. The van der Waals surface area contributed by atoms with Gasteiger partial charge in [-0.05, 0) is 0 Å². The predicted molar refractivity (Wildman–Crippen MR) is 37.1 cm³/mol. The third-order valence-electron chi connectivity index (χ3n) is 0.983. The Labute approximate surface area is 89.4 Å². The van der Waals surface area contributed by atoms with E-state index in [9.17, 15) is 4.79 Å². The summed E-state index contributed by atoms with van der Waals surface area (Å²) in [5.74, 6) is 0. The Morgan fingerprint density at radius 2 is 2.30 bits per heavy atom. The summed E-state index contributed by atoms with van der Waals surface area (Å²) in [7, 11) is 0. The maximum Gasteiger partial charge on any atom is 0.0690 e. The van der Waals surface area contributed by atoms with Gasteiger partial charge in [0.15, 0.2) is 0 Å². The molecular formula is C7H9LaNO-2. The van der Waals surface area contributed by atoms with Crippen LogP contribution in [0.5, 0.6) is 0 Å². The Morgan fingerprint density at radius 3 is 2.70 bits per heavy atom. The normalized spacial score (nSPS) is 12.6. The molecule has 1 aliphatic rings. The first-order valence-corrected chi connectivity index (χ1v) is 2.42. The van der Waals surface area contributed by atoms with E-state index in [1.54, 1.807) is 6.41 Å². The standard InChI is InChI=1S/C6H6NO.CH3.La/c8-5-7-6-3-1-2-4-6;;/h1-3H,4H2,(H,7,8);1H3;/q2*-1;. The molecule has 0 saturated carbocycles. The van der Waals surface area contributed by atoms with Crippen molar-refractivity contribution >= 4 is 6.41 Å². The summed E-state index contributed by atoms with van der Waals surface area (Å²) in [6, 6.07) is 0. The molecule has 3 heteroatoms. The Bertz CT molecular complexity index is 152. The van der Waals surface area contributed by atoms with Gasteiger partial charge in [-0.3, -0.25) is 0 Å². The number of hydrogen-bond donors (Lipinski definition) is 1. The number of carbonyl (C=O) groups excluding carboxylic acids is 1. The molecular weight excluding hydrogens is 253 g/mol. The van der Waals surface area contributed by atoms with Crippen molar-refractivity contribution in [3.63, 3.8) is 0 Å². The first kappa shape index (κ1) is 12.8. The van der Waals surface area contributed by atoms with Crippen molar-refractivity contribution in [3.8, 4) is 0 Å². The van der Waals surface area contributed by atoms with Gasteiger partial charge in [0.1, 0.15) is 0 Å². The van der Waals surface area contributed by atoms with Crippen LogP contribution in [0, 0.1) is 43.0 Å².